The first-order chi connectivity index (χ1) is 15.7. The first kappa shape index (κ1) is 21.7. The Morgan fingerprint density at radius 2 is 2.03 bits per heavy atom. The average Bonchev–Trinajstić information content (AvgIpc) is 3.28. The topological polar surface area (TPSA) is 78.6 Å². The van der Waals surface area contributed by atoms with E-state index in [9.17, 15) is 5.11 Å². The van der Waals surface area contributed by atoms with Crippen molar-refractivity contribution in [3.8, 4) is 23.4 Å². The van der Waals surface area contributed by atoms with Crippen molar-refractivity contribution >= 4 is 5.69 Å². The first-order valence-corrected chi connectivity index (χ1v) is 11.0. The van der Waals surface area contributed by atoms with Crippen LogP contribution in [0.15, 0.2) is 60.8 Å². The van der Waals surface area contributed by atoms with Crippen molar-refractivity contribution in [2.75, 3.05) is 24.6 Å². The molecule has 0 unspecified atom stereocenters. The molecule has 4 rings (SSSR count). The molecule has 0 aliphatic carbocycles. The average molecular weight is 430 g/mol. The summed E-state index contributed by atoms with van der Waals surface area (Å²) in [6, 6.07) is 19.6. The number of nitrogens with zero attached hydrogens (tertiary/aromatic N) is 3. The maximum absolute atomic E-state index is 9.62. The molecule has 6 nitrogen and oxygen atoms in total. The highest BCUT2D eigenvalue weighted by molar-refractivity contribution is 5.58. The Bertz CT molecular complexity index is 1090. The molecule has 6 heteroatoms. The lowest BCUT2D eigenvalue weighted by molar-refractivity contribution is 0.216. The van der Waals surface area contributed by atoms with Gasteiger partial charge in [0.15, 0.2) is 0 Å². The lowest BCUT2D eigenvalue weighted by atomic mass is 10.1. The summed E-state index contributed by atoms with van der Waals surface area (Å²) >= 11 is 0. The molecule has 32 heavy (non-hydrogen) atoms. The van der Waals surface area contributed by atoms with Crippen molar-refractivity contribution in [1.82, 2.24) is 4.98 Å². The summed E-state index contributed by atoms with van der Waals surface area (Å²) in [5.74, 6) is 2.17. The Labute approximate surface area is 188 Å². The minimum Gasteiger partial charge on any atom is -0.472 e. The van der Waals surface area contributed by atoms with Gasteiger partial charge in [0.1, 0.15) is 23.7 Å². The third-order valence-electron chi connectivity index (χ3n) is 5.65. The Morgan fingerprint density at radius 3 is 2.78 bits per heavy atom. The monoisotopic (exact) mass is 429 g/mol. The van der Waals surface area contributed by atoms with Crippen molar-refractivity contribution in [3.63, 3.8) is 0 Å². The van der Waals surface area contributed by atoms with E-state index in [1.165, 1.54) is 6.20 Å². The third-order valence-corrected chi connectivity index (χ3v) is 5.65. The predicted octanol–water partition coefficient (Wildman–Crippen LogP) is 4.50. The van der Waals surface area contributed by atoms with Crippen molar-refractivity contribution < 1.29 is 14.6 Å². The van der Waals surface area contributed by atoms with Crippen LogP contribution in [-0.2, 0) is 12.8 Å². The van der Waals surface area contributed by atoms with Gasteiger partial charge in [-0.05, 0) is 54.3 Å². The number of rotatable bonds is 8. The molecule has 1 atom stereocenters. The second-order valence-corrected chi connectivity index (χ2v) is 7.80. The molecular formula is C26H27N3O3. The van der Waals surface area contributed by atoms with Crippen LogP contribution in [0.4, 0.5) is 5.69 Å². The minimum absolute atomic E-state index is 0.0183. The molecule has 3 aromatic rings. The van der Waals surface area contributed by atoms with Gasteiger partial charge in [0.25, 0.3) is 0 Å². The van der Waals surface area contributed by atoms with Crippen molar-refractivity contribution in [1.29, 1.82) is 5.26 Å². The van der Waals surface area contributed by atoms with Gasteiger partial charge in [-0.1, -0.05) is 25.1 Å². The number of para-hydroxylation sites is 1. The molecule has 164 valence electrons. The summed E-state index contributed by atoms with van der Waals surface area (Å²) in [6.45, 7) is 3.78. The number of anilines is 1. The van der Waals surface area contributed by atoms with Gasteiger partial charge in [-0.25, -0.2) is 4.98 Å². The van der Waals surface area contributed by atoms with E-state index in [1.54, 1.807) is 12.1 Å². The fourth-order valence-corrected chi connectivity index (χ4v) is 4.01. The highest BCUT2D eigenvalue weighted by Gasteiger charge is 2.26. The molecule has 2 aromatic carbocycles. The SMILES string of the molecule is CCc1ccccc1Oc1ccc(N2CC[C@H](Oc3ccc(C#N)cn3)C2)c(CCO)c1. The molecule has 0 saturated carbocycles. The maximum Gasteiger partial charge on any atom is 0.213 e. The summed E-state index contributed by atoms with van der Waals surface area (Å²) in [4.78, 5) is 6.49. The lowest BCUT2D eigenvalue weighted by Crippen LogP contribution is -2.25. The lowest BCUT2D eigenvalue weighted by Gasteiger charge is -2.23. The largest absolute Gasteiger partial charge is 0.472 e. The summed E-state index contributed by atoms with van der Waals surface area (Å²) < 4.78 is 12.2. The number of hydrogen-bond donors (Lipinski definition) is 1. The van der Waals surface area contributed by atoms with E-state index < -0.39 is 0 Å². The number of nitriles is 1. The zero-order valence-electron chi connectivity index (χ0n) is 18.2. The van der Waals surface area contributed by atoms with Crippen molar-refractivity contribution in [2.45, 2.75) is 32.3 Å². The van der Waals surface area contributed by atoms with Gasteiger partial charge in [-0.2, -0.15) is 5.26 Å². The van der Waals surface area contributed by atoms with Crippen LogP contribution in [0.1, 0.15) is 30.0 Å². The van der Waals surface area contributed by atoms with Gasteiger partial charge in [0, 0.05) is 37.5 Å². The van der Waals surface area contributed by atoms with Crippen molar-refractivity contribution in [3.05, 3.63) is 77.5 Å². The van der Waals surface area contributed by atoms with Crippen LogP contribution in [0.5, 0.6) is 17.4 Å². The van der Waals surface area contributed by atoms with Crippen LogP contribution >= 0.6 is 0 Å². The van der Waals surface area contributed by atoms with Crippen LogP contribution in [0.2, 0.25) is 0 Å². The Morgan fingerprint density at radius 1 is 1.16 bits per heavy atom. The molecule has 1 aliphatic heterocycles. The molecule has 0 amide bonds. The summed E-state index contributed by atoms with van der Waals surface area (Å²) in [5.41, 5.74) is 3.82. The highest BCUT2D eigenvalue weighted by Crippen LogP contribution is 2.32. The number of aliphatic hydroxyl groups excluding tert-OH is 1. The maximum atomic E-state index is 9.62. The van der Waals surface area contributed by atoms with E-state index in [0.717, 1.165) is 54.2 Å². The molecule has 1 aliphatic rings. The number of ether oxygens (including phenoxy) is 2. The van der Waals surface area contributed by atoms with E-state index in [1.807, 2.05) is 30.3 Å². The summed E-state index contributed by atoms with van der Waals surface area (Å²) in [7, 11) is 0. The number of aryl methyl sites for hydroxylation is 1. The molecule has 1 saturated heterocycles. The molecule has 0 radical (unpaired) electrons. The van der Waals surface area contributed by atoms with E-state index >= 15 is 0 Å². The van der Waals surface area contributed by atoms with Gasteiger partial charge in [-0.3, -0.25) is 0 Å². The fraction of sp³-hybridized carbons (Fsp3) is 0.308. The van der Waals surface area contributed by atoms with Gasteiger partial charge in [0.2, 0.25) is 5.88 Å². The number of pyridine rings is 1. The van der Waals surface area contributed by atoms with Crippen LogP contribution in [0, 0.1) is 11.3 Å². The first-order valence-electron chi connectivity index (χ1n) is 11.0. The zero-order chi connectivity index (χ0) is 22.3. The van der Waals surface area contributed by atoms with Gasteiger partial charge in [-0.15, -0.1) is 0 Å². The van der Waals surface area contributed by atoms with Gasteiger partial charge >= 0.3 is 0 Å². The molecule has 0 spiro atoms. The number of aliphatic hydroxyl groups is 1. The molecule has 2 heterocycles. The van der Waals surface area contributed by atoms with Crippen LogP contribution in [0.25, 0.3) is 0 Å². The third kappa shape index (κ3) is 5.01. The van der Waals surface area contributed by atoms with Crippen LogP contribution < -0.4 is 14.4 Å². The van der Waals surface area contributed by atoms with E-state index in [-0.39, 0.29) is 12.7 Å². The normalized spacial score (nSPS) is 15.4. The fourth-order valence-electron chi connectivity index (χ4n) is 4.01. The number of benzene rings is 2. The van der Waals surface area contributed by atoms with E-state index in [0.29, 0.717) is 17.9 Å². The second kappa shape index (κ2) is 10.2. The van der Waals surface area contributed by atoms with Gasteiger partial charge < -0.3 is 19.5 Å². The summed E-state index contributed by atoms with van der Waals surface area (Å²) in [6.07, 6.45) is 3.88. The Kier molecular flexibility index (Phi) is 6.88. The smallest absolute Gasteiger partial charge is 0.213 e. The number of hydrogen-bond acceptors (Lipinski definition) is 6. The molecule has 1 N–H and O–H groups in total. The van der Waals surface area contributed by atoms with Crippen LogP contribution in [-0.4, -0.2) is 35.9 Å². The minimum atomic E-state index is 0.0183. The van der Waals surface area contributed by atoms with Crippen molar-refractivity contribution in [2.24, 2.45) is 0 Å². The van der Waals surface area contributed by atoms with E-state index in [4.69, 9.17) is 14.7 Å². The van der Waals surface area contributed by atoms with E-state index in [2.05, 4.69) is 35.0 Å². The molecule has 1 fully saturated rings. The molecule has 1 aromatic heterocycles. The second-order valence-electron chi connectivity index (χ2n) is 7.80. The Balaban J connectivity index is 1.47. The zero-order valence-corrected chi connectivity index (χ0v) is 18.2. The summed E-state index contributed by atoms with van der Waals surface area (Å²) in [5, 5.41) is 18.5. The molecular weight excluding hydrogens is 402 g/mol. The Hall–Kier alpha value is -3.56. The highest BCUT2D eigenvalue weighted by atomic mass is 16.5. The predicted molar refractivity (Wildman–Crippen MR) is 123 cm³/mol. The standard InChI is InChI=1S/C26H27N3O3/c1-2-20-5-3-4-6-25(20)31-22-8-9-24(21(15-22)12-14-30)29-13-11-23(18-29)32-26-10-7-19(16-27)17-28-26/h3-10,15,17,23,30H,2,11-14,18H2,1H3/t23-/m0/s1. The molecule has 0 bridgehead atoms. The van der Waals surface area contributed by atoms with Gasteiger partial charge in [0.05, 0.1) is 12.1 Å². The quantitative estimate of drug-likeness (QED) is 0.568. The number of aromatic nitrogens is 1. The van der Waals surface area contributed by atoms with Crippen LogP contribution in [0.3, 0.4) is 0 Å².